The van der Waals surface area contributed by atoms with Crippen molar-refractivity contribution < 1.29 is 4.79 Å². The fraction of sp³-hybridized carbons (Fsp3) is 0.588. The molecule has 0 radical (unpaired) electrons. The van der Waals surface area contributed by atoms with Crippen LogP contribution in [0.25, 0.3) is 0 Å². The lowest BCUT2D eigenvalue weighted by Crippen LogP contribution is -2.54. The molecule has 2 aliphatic heterocycles. The summed E-state index contributed by atoms with van der Waals surface area (Å²) in [5, 5.41) is 3.22. The minimum absolute atomic E-state index is 0.227. The van der Waals surface area contributed by atoms with Crippen LogP contribution >= 0.6 is 0 Å². The van der Waals surface area contributed by atoms with E-state index in [1.165, 1.54) is 19.4 Å². The summed E-state index contributed by atoms with van der Waals surface area (Å²) in [4.78, 5) is 16.9. The molecule has 0 aliphatic carbocycles. The molecule has 2 fully saturated rings. The number of carbonyl (C=O) groups excluding carboxylic acids is 1. The summed E-state index contributed by atoms with van der Waals surface area (Å²) in [5.74, 6) is 0.892. The number of fused-ring (bicyclic) bond motifs is 1. The smallest absolute Gasteiger partial charge is 0.241 e. The Balaban J connectivity index is 1.52. The highest BCUT2D eigenvalue weighted by atomic mass is 16.2. The summed E-state index contributed by atoms with van der Waals surface area (Å²) < 4.78 is 0. The molecule has 1 aromatic carbocycles. The van der Waals surface area contributed by atoms with Gasteiger partial charge in [-0.05, 0) is 50.9 Å². The van der Waals surface area contributed by atoms with Gasteiger partial charge in [0.05, 0.1) is 6.54 Å². The molecular formula is C17H25N3O. The van der Waals surface area contributed by atoms with Crippen molar-refractivity contribution in [1.82, 2.24) is 9.80 Å². The van der Waals surface area contributed by atoms with Crippen molar-refractivity contribution in [3.05, 3.63) is 30.3 Å². The molecule has 1 N–H and O–H groups in total. The third-order valence-corrected chi connectivity index (χ3v) is 4.92. The van der Waals surface area contributed by atoms with E-state index in [2.05, 4.69) is 22.2 Å². The third-order valence-electron chi connectivity index (χ3n) is 4.92. The van der Waals surface area contributed by atoms with Gasteiger partial charge in [0, 0.05) is 24.8 Å². The van der Waals surface area contributed by atoms with E-state index in [0.717, 1.165) is 25.2 Å². The zero-order valence-electron chi connectivity index (χ0n) is 12.8. The molecule has 114 valence electrons. The number of nitrogens with zero attached hydrogens (tertiary/aromatic N) is 2. The van der Waals surface area contributed by atoms with Gasteiger partial charge in [0.1, 0.15) is 0 Å². The Morgan fingerprint density at radius 1 is 1.24 bits per heavy atom. The van der Waals surface area contributed by atoms with Crippen LogP contribution in [0.15, 0.2) is 30.3 Å². The maximum absolute atomic E-state index is 12.4. The molecule has 2 unspecified atom stereocenters. The average molecular weight is 287 g/mol. The van der Waals surface area contributed by atoms with E-state index >= 15 is 0 Å². The summed E-state index contributed by atoms with van der Waals surface area (Å²) >= 11 is 0. The highest BCUT2D eigenvalue weighted by Crippen LogP contribution is 2.29. The van der Waals surface area contributed by atoms with Crippen molar-refractivity contribution >= 4 is 11.6 Å². The van der Waals surface area contributed by atoms with Crippen LogP contribution in [0.3, 0.4) is 0 Å². The first-order valence-corrected chi connectivity index (χ1v) is 8.01. The third kappa shape index (κ3) is 3.38. The second-order valence-corrected chi connectivity index (χ2v) is 6.30. The number of rotatable bonds is 3. The quantitative estimate of drug-likeness (QED) is 0.924. The molecule has 1 amide bonds. The van der Waals surface area contributed by atoms with Crippen molar-refractivity contribution in [3.8, 4) is 0 Å². The van der Waals surface area contributed by atoms with Crippen LogP contribution in [-0.2, 0) is 4.79 Å². The molecule has 2 saturated heterocycles. The number of carbonyl (C=O) groups is 1. The molecule has 2 atom stereocenters. The number of likely N-dealkylation sites (tertiary alicyclic amines) is 2. The van der Waals surface area contributed by atoms with Crippen molar-refractivity contribution in [2.75, 3.05) is 38.5 Å². The molecule has 0 spiro atoms. The van der Waals surface area contributed by atoms with Gasteiger partial charge in [0.2, 0.25) is 5.91 Å². The highest BCUT2D eigenvalue weighted by Gasteiger charge is 2.35. The predicted molar refractivity (Wildman–Crippen MR) is 85.3 cm³/mol. The number of benzene rings is 1. The van der Waals surface area contributed by atoms with Crippen molar-refractivity contribution in [2.45, 2.75) is 25.3 Å². The summed E-state index contributed by atoms with van der Waals surface area (Å²) in [6, 6.07) is 10.6. The second kappa shape index (κ2) is 6.48. The molecule has 4 heteroatoms. The Labute approximate surface area is 127 Å². The van der Waals surface area contributed by atoms with Crippen LogP contribution in [0, 0.1) is 5.92 Å². The maximum atomic E-state index is 12.4. The second-order valence-electron chi connectivity index (χ2n) is 6.30. The summed E-state index contributed by atoms with van der Waals surface area (Å²) in [6.07, 6.45) is 3.66. The van der Waals surface area contributed by atoms with Crippen LogP contribution in [0.1, 0.15) is 19.3 Å². The largest absolute Gasteiger partial charge is 0.376 e. The van der Waals surface area contributed by atoms with Crippen LogP contribution in [0.5, 0.6) is 0 Å². The number of hydrogen-bond donors (Lipinski definition) is 1. The molecule has 1 aromatic rings. The summed E-state index contributed by atoms with van der Waals surface area (Å²) in [6.45, 7) is 3.45. The molecule has 0 bridgehead atoms. The fourth-order valence-electron chi connectivity index (χ4n) is 3.72. The van der Waals surface area contributed by atoms with Crippen molar-refractivity contribution in [2.24, 2.45) is 5.92 Å². The van der Waals surface area contributed by atoms with Gasteiger partial charge in [-0.2, -0.15) is 0 Å². The molecule has 3 rings (SSSR count). The number of amides is 1. The maximum Gasteiger partial charge on any atom is 0.241 e. The van der Waals surface area contributed by atoms with Gasteiger partial charge < -0.3 is 15.1 Å². The zero-order valence-corrected chi connectivity index (χ0v) is 12.8. The van der Waals surface area contributed by atoms with Gasteiger partial charge in [0.15, 0.2) is 0 Å². The number of para-hydroxylation sites is 1. The van der Waals surface area contributed by atoms with Crippen molar-refractivity contribution in [1.29, 1.82) is 0 Å². The first-order valence-electron chi connectivity index (χ1n) is 8.01. The summed E-state index contributed by atoms with van der Waals surface area (Å²) in [7, 11) is 2.23. The SMILES string of the molecule is CN1CCCC2CN(C(=O)CNc3ccccc3)CCC21. The van der Waals surface area contributed by atoms with Crippen LogP contribution in [0.2, 0.25) is 0 Å². The Morgan fingerprint density at radius 3 is 2.86 bits per heavy atom. The van der Waals surface area contributed by atoms with Gasteiger partial charge >= 0.3 is 0 Å². The lowest BCUT2D eigenvalue weighted by atomic mass is 9.84. The molecule has 0 aromatic heterocycles. The van der Waals surface area contributed by atoms with E-state index in [0.29, 0.717) is 18.5 Å². The van der Waals surface area contributed by atoms with E-state index in [9.17, 15) is 4.79 Å². The summed E-state index contributed by atoms with van der Waals surface area (Å²) in [5.41, 5.74) is 1.01. The molecule has 2 heterocycles. The normalized spacial score (nSPS) is 26.2. The van der Waals surface area contributed by atoms with Gasteiger partial charge in [-0.25, -0.2) is 0 Å². The average Bonchev–Trinajstić information content (AvgIpc) is 2.53. The van der Waals surface area contributed by atoms with Gasteiger partial charge in [-0.15, -0.1) is 0 Å². The minimum Gasteiger partial charge on any atom is -0.376 e. The molecule has 21 heavy (non-hydrogen) atoms. The van der Waals surface area contributed by atoms with E-state index in [1.54, 1.807) is 0 Å². The van der Waals surface area contributed by atoms with E-state index in [-0.39, 0.29) is 5.91 Å². The van der Waals surface area contributed by atoms with E-state index < -0.39 is 0 Å². The molecular weight excluding hydrogens is 262 g/mol. The van der Waals surface area contributed by atoms with Crippen LogP contribution in [0.4, 0.5) is 5.69 Å². The number of piperidine rings is 2. The van der Waals surface area contributed by atoms with E-state index in [1.807, 2.05) is 30.3 Å². The Morgan fingerprint density at radius 2 is 2.05 bits per heavy atom. The Kier molecular flexibility index (Phi) is 4.44. The topological polar surface area (TPSA) is 35.6 Å². The highest BCUT2D eigenvalue weighted by molar-refractivity contribution is 5.81. The van der Waals surface area contributed by atoms with Gasteiger partial charge in [0.25, 0.3) is 0 Å². The number of anilines is 1. The lowest BCUT2D eigenvalue weighted by molar-refractivity contribution is -0.132. The Bertz CT molecular complexity index is 476. The van der Waals surface area contributed by atoms with Crippen LogP contribution < -0.4 is 5.32 Å². The first kappa shape index (κ1) is 14.4. The van der Waals surface area contributed by atoms with Crippen molar-refractivity contribution in [3.63, 3.8) is 0 Å². The minimum atomic E-state index is 0.227. The molecule has 4 nitrogen and oxygen atoms in total. The Hall–Kier alpha value is -1.55. The molecule has 2 aliphatic rings. The van der Waals surface area contributed by atoms with Gasteiger partial charge in [-0.3, -0.25) is 4.79 Å². The van der Waals surface area contributed by atoms with Gasteiger partial charge in [-0.1, -0.05) is 18.2 Å². The standard InChI is InChI=1S/C17H25N3O/c1-19-10-5-6-14-13-20(11-9-16(14)19)17(21)12-18-15-7-3-2-4-8-15/h2-4,7-8,14,16,18H,5-6,9-13H2,1H3. The number of hydrogen-bond acceptors (Lipinski definition) is 3. The predicted octanol–water partition coefficient (Wildman–Crippen LogP) is 2.04. The van der Waals surface area contributed by atoms with Crippen LogP contribution in [-0.4, -0.2) is 55.0 Å². The number of nitrogens with one attached hydrogen (secondary N) is 1. The lowest BCUT2D eigenvalue weighted by Gasteiger charge is -2.46. The van der Waals surface area contributed by atoms with E-state index in [4.69, 9.17) is 0 Å². The fourth-order valence-corrected chi connectivity index (χ4v) is 3.72. The first-order chi connectivity index (χ1) is 10.2. The monoisotopic (exact) mass is 287 g/mol. The zero-order chi connectivity index (χ0) is 14.7. The molecule has 0 saturated carbocycles.